The van der Waals surface area contributed by atoms with Crippen molar-refractivity contribution in [2.45, 2.75) is 44.7 Å². The van der Waals surface area contributed by atoms with Crippen molar-refractivity contribution in [3.8, 4) is 5.75 Å². The van der Waals surface area contributed by atoms with Crippen molar-refractivity contribution < 1.29 is 4.74 Å². The van der Waals surface area contributed by atoms with Crippen LogP contribution in [0.1, 0.15) is 44.2 Å². The Morgan fingerprint density at radius 1 is 1.14 bits per heavy atom. The van der Waals surface area contributed by atoms with E-state index in [1.807, 2.05) is 0 Å². The van der Waals surface area contributed by atoms with Gasteiger partial charge < -0.3 is 20.3 Å². The van der Waals surface area contributed by atoms with Crippen molar-refractivity contribution in [3.05, 3.63) is 29.8 Å². The van der Waals surface area contributed by atoms with Gasteiger partial charge in [-0.15, -0.1) is 24.0 Å². The molecule has 6 nitrogen and oxygen atoms in total. The van der Waals surface area contributed by atoms with E-state index in [0.29, 0.717) is 12.1 Å². The number of halogens is 1. The highest BCUT2D eigenvalue weighted by Gasteiger charge is 2.24. The molecule has 2 atom stereocenters. The van der Waals surface area contributed by atoms with Gasteiger partial charge in [0.2, 0.25) is 0 Å². The molecule has 2 aliphatic heterocycles. The predicted octanol–water partition coefficient (Wildman–Crippen LogP) is 3.10. The van der Waals surface area contributed by atoms with Gasteiger partial charge in [-0.1, -0.05) is 12.1 Å². The summed E-state index contributed by atoms with van der Waals surface area (Å²) in [5.74, 6) is 1.84. The largest absolute Gasteiger partial charge is 0.497 e. The van der Waals surface area contributed by atoms with Crippen LogP contribution < -0.4 is 15.4 Å². The molecule has 29 heavy (non-hydrogen) atoms. The summed E-state index contributed by atoms with van der Waals surface area (Å²) in [4.78, 5) is 9.98. The highest BCUT2D eigenvalue weighted by Crippen LogP contribution is 2.27. The smallest absolute Gasteiger partial charge is 0.191 e. The van der Waals surface area contributed by atoms with Crippen molar-refractivity contribution in [1.82, 2.24) is 20.4 Å². The number of guanidine groups is 1. The molecule has 2 heterocycles. The summed E-state index contributed by atoms with van der Waals surface area (Å²) in [6.45, 7) is 8.24. The first-order valence-electron chi connectivity index (χ1n) is 10.8. The van der Waals surface area contributed by atoms with Gasteiger partial charge in [0.05, 0.1) is 19.7 Å². The van der Waals surface area contributed by atoms with Gasteiger partial charge in [0.25, 0.3) is 0 Å². The molecule has 1 aromatic carbocycles. The fourth-order valence-corrected chi connectivity index (χ4v) is 4.28. The van der Waals surface area contributed by atoms with Gasteiger partial charge in [-0.3, -0.25) is 9.89 Å². The lowest BCUT2D eigenvalue weighted by molar-refractivity contribution is 0.251. The zero-order valence-electron chi connectivity index (χ0n) is 18.2. The number of rotatable bonds is 8. The maximum Gasteiger partial charge on any atom is 0.191 e. The molecule has 0 saturated carbocycles. The average Bonchev–Trinajstić information content (AvgIpc) is 3.39. The zero-order chi connectivity index (χ0) is 19.8. The Bertz CT molecular complexity index is 618. The fraction of sp³-hybridized carbons (Fsp3) is 0.682. The molecule has 0 bridgehead atoms. The third-order valence-corrected chi connectivity index (χ3v) is 6.03. The SMILES string of the molecule is CCNC(=NCC(c1ccc(OC)cc1)N1CCCC1)NCC1CCCN1C.I. The number of likely N-dealkylation sites (tertiary alicyclic amines) is 2. The topological polar surface area (TPSA) is 52.1 Å². The lowest BCUT2D eigenvalue weighted by atomic mass is 10.1. The van der Waals surface area contributed by atoms with Crippen LogP contribution in [0.25, 0.3) is 0 Å². The molecule has 2 fully saturated rings. The molecule has 2 unspecified atom stereocenters. The second-order valence-corrected chi connectivity index (χ2v) is 7.91. The number of hydrogen-bond acceptors (Lipinski definition) is 4. The molecule has 0 aliphatic carbocycles. The highest BCUT2D eigenvalue weighted by atomic mass is 127. The summed E-state index contributed by atoms with van der Waals surface area (Å²) in [6.07, 6.45) is 5.13. The minimum absolute atomic E-state index is 0. The molecule has 0 spiro atoms. The number of ether oxygens (including phenoxy) is 1. The maximum absolute atomic E-state index is 5.33. The molecule has 164 valence electrons. The average molecular weight is 515 g/mol. The summed E-state index contributed by atoms with van der Waals surface area (Å²) in [6, 6.07) is 9.41. The number of nitrogens with zero attached hydrogens (tertiary/aromatic N) is 3. The molecular formula is C22H38IN5O. The van der Waals surface area contributed by atoms with Gasteiger partial charge in [-0.05, 0) is 77.0 Å². The number of nitrogens with one attached hydrogen (secondary N) is 2. The third kappa shape index (κ3) is 7.00. The fourth-order valence-electron chi connectivity index (χ4n) is 4.28. The third-order valence-electron chi connectivity index (χ3n) is 6.03. The summed E-state index contributed by atoms with van der Waals surface area (Å²) < 4.78 is 5.33. The van der Waals surface area contributed by atoms with Crippen LogP contribution in [0, 0.1) is 0 Å². The molecule has 0 radical (unpaired) electrons. The Morgan fingerprint density at radius 3 is 2.45 bits per heavy atom. The second kappa shape index (κ2) is 12.6. The Morgan fingerprint density at radius 2 is 1.86 bits per heavy atom. The lowest BCUT2D eigenvalue weighted by Gasteiger charge is -2.27. The summed E-state index contributed by atoms with van der Waals surface area (Å²) >= 11 is 0. The number of aliphatic imine (C=N–C) groups is 1. The second-order valence-electron chi connectivity index (χ2n) is 7.91. The van der Waals surface area contributed by atoms with E-state index in [9.17, 15) is 0 Å². The van der Waals surface area contributed by atoms with E-state index in [4.69, 9.17) is 9.73 Å². The quantitative estimate of drug-likeness (QED) is 0.317. The summed E-state index contributed by atoms with van der Waals surface area (Å²) in [5, 5.41) is 6.99. The van der Waals surface area contributed by atoms with Gasteiger partial charge >= 0.3 is 0 Å². The summed E-state index contributed by atoms with van der Waals surface area (Å²) in [7, 11) is 3.93. The van der Waals surface area contributed by atoms with Crippen LogP contribution in [0.3, 0.4) is 0 Å². The van der Waals surface area contributed by atoms with Gasteiger partial charge in [0, 0.05) is 19.1 Å². The van der Waals surface area contributed by atoms with Crippen LogP contribution in [-0.2, 0) is 0 Å². The van der Waals surface area contributed by atoms with E-state index in [1.165, 1.54) is 37.8 Å². The molecule has 2 saturated heterocycles. The van der Waals surface area contributed by atoms with E-state index in [-0.39, 0.29) is 24.0 Å². The predicted molar refractivity (Wildman–Crippen MR) is 132 cm³/mol. The standard InChI is InChI=1S/C22H37N5O.HI/c1-4-23-22(24-16-19-8-7-13-26(19)2)25-17-21(27-14-5-6-15-27)18-9-11-20(28-3)12-10-18;/h9-12,19,21H,4-8,13-17H2,1-3H3,(H2,23,24,25);1H. The maximum atomic E-state index is 5.33. The summed E-state index contributed by atoms with van der Waals surface area (Å²) in [5.41, 5.74) is 1.32. The Balaban J connectivity index is 0.00000300. The van der Waals surface area contributed by atoms with Crippen molar-refractivity contribution in [1.29, 1.82) is 0 Å². The minimum atomic E-state index is 0. The molecule has 0 amide bonds. The first-order valence-corrected chi connectivity index (χ1v) is 10.8. The Hall–Kier alpha value is -1.06. The first-order chi connectivity index (χ1) is 13.7. The van der Waals surface area contributed by atoms with Gasteiger partial charge in [0.15, 0.2) is 5.96 Å². The number of benzene rings is 1. The molecule has 2 aliphatic rings. The minimum Gasteiger partial charge on any atom is -0.497 e. The van der Waals surface area contributed by atoms with E-state index >= 15 is 0 Å². The normalized spacial score (nSPS) is 21.6. The number of hydrogen-bond donors (Lipinski definition) is 2. The zero-order valence-corrected chi connectivity index (χ0v) is 20.5. The van der Waals surface area contributed by atoms with Crippen LogP contribution in [0.4, 0.5) is 0 Å². The Labute approximate surface area is 193 Å². The van der Waals surface area contributed by atoms with Crippen molar-refractivity contribution in [2.24, 2.45) is 4.99 Å². The Kier molecular flexibility index (Phi) is 10.5. The van der Waals surface area contributed by atoms with Crippen LogP contribution in [0.2, 0.25) is 0 Å². The van der Waals surface area contributed by atoms with E-state index in [1.54, 1.807) is 7.11 Å². The van der Waals surface area contributed by atoms with E-state index in [2.05, 4.69) is 58.7 Å². The lowest BCUT2D eigenvalue weighted by Crippen LogP contribution is -2.44. The van der Waals surface area contributed by atoms with Crippen molar-refractivity contribution in [3.63, 3.8) is 0 Å². The van der Waals surface area contributed by atoms with Crippen LogP contribution in [0.15, 0.2) is 29.3 Å². The van der Waals surface area contributed by atoms with Crippen molar-refractivity contribution in [2.75, 3.05) is 53.4 Å². The van der Waals surface area contributed by atoms with E-state index in [0.717, 1.165) is 44.4 Å². The number of likely N-dealkylation sites (N-methyl/N-ethyl adjacent to an activating group) is 1. The monoisotopic (exact) mass is 515 g/mol. The molecule has 0 aromatic heterocycles. The highest BCUT2D eigenvalue weighted by molar-refractivity contribution is 14.0. The molecule has 7 heteroatoms. The van der Waals surface area contributed by atoms with E-state index < -0.39 is 0 Å². The van der Waals surface area contributed by atoms with Crippen LogP contribution in [-0.4, -0.2) is 75.2 Å². The molecular weight excluding hydrogens is 477 g/mol. The van der Waals surface area contributed by atoms with Gasteiger partial charge in [-0.2, -0.15) is 0 Å². The van der Waals surface area contributed by atoms with Crippen LogP contribution >= 0.6 is 24.0 Å². The molecule has 2 N–H and O–H groups in total. The van der Waals surface area contributed by atoms with Crippen LogP contribution in [0.5, 0.6) is 5.75 Å². The molecule has 1 aromatic rings. The van der Waals surface area contributed by atoms with Gasteiger partial charge in [0.1, 0.15) is 5.75 Å². The first kappa shape index (κ1) is 24.2. The van der Waals surface area contributed by atoms with Gasteiger partial charge in [-0.25, -0.2) is 0 Å². The molecule has 3 rings (SSSR count). The number of methoxy groups -OCH3 is 1. The van der Waals surface area contributed by atoms with Crippen molar-refractivity contribution >= 4 is 29.9 Å².